The van der Waals surface area contributed by atoms with Crippen LogP contribution in [-0.4, -0.2) is 26.6 Å². The largest absolute Gasteiger partial charge is 0.383 e. The summed E-state index contributed by atoms with van der Waals surface area (Å²) in [4.78, 5) is 43.2. The van der Waals surface area contributed by atoms with Crippen LogP contribution in [-0.2, 0) is 6.54 Å². The predicted molar refractivity (Wildman–Crippen MR) is 148 cm³/mol. The Labute approximate surface area is 216 Å². The highest BCUT2D eigenvalue weighted by Gasteiger charge is 2.25. The third kappa shape index (κ3) is 5.43. The molecular formula is C29H33N5O3. The van der Waals surface area contributed by atoms with Crippen LogP contribution < -0.4 is 21.9 Å². The number of H-pyrrole nitrogens is 1. The normalized spacial score (nSPS) is 11.2. The second-order valence-corrected chi connectivity index (χ2v) is 9.70. The van der Waals surface area contributed by atoms with Crippen LogP contribution in [0.15, 0.2) is 76.3 Å². The number of benzene rings is 2. The Morgan fingerprint density at radius 3 is 2.16 bits per heavy atom. The van der Waals surface area contributed by atoms with Crippen LogP contribution in [0, 0.1) is 19.8 Å². The van der Waals surface area contributed by atoms with Gasteiger partial charge in [-0.2, -0.15) is 0 Å². The Kier molecular flexibility index (Phi) is 7.47. The molecule has 0 aliphatic carbocycles. The van der Waals surface area contributed by atoms with E-state index in [1.165, 1.54) is 9.47 Å². The lowest BCUT2D eigenvalue weighted by molar-refractivity contribution is 0.0985. The summed E-state index contributed by atoms with van der Waals surface area (Å²) in [6.07, 6.45) is 0.655. The molecular weight excluding hydrogens is 466 g/mol. The van der Waals surface area contributed by atoms with E-state index in [9.17, 15) is 14.4 Å². The summed E-state index contributed by atoms with van der Waals surface area (Å²) in [6, 6.07) is 20.7. The van der Waals surface area contributed by atoms with Gasteiger partial charge in [0.15, 0.2) is 5.69 Å². The lowest BCUT2D eigenvalue weighted by Gasteiger charge is -2.25. The van der Waals surface area contributed by atoms with E-state index in [0.717, 1.165) is 22.6 Å². The molecule has 0 atom stereocenters. The number of rotatable bonds is 8. The zero-order valence-electron chi connectivity index (χ0n) is 21.7. The van der Waals surface area contributed by atoms with Gasteiger partial charge in [0.25, 0.3) is 11.5 Å². The standard InChI is InChI=1S/C29H33N5O3/c1-19(2)16-17-32(28(36)23-12-14-24(15-13-23)34-20(3)10-11-21(34)4)25-26(30)33(29(37)31-27(25)35)18-22-8-6-5-7-9-22/h5-15,19H,16-18,30H2,1-4H3,(H,31,35,37). The fourth-order valence-electron chi connectivity index (χ4n) is 4.45. The maximum absolute atomic E-state index is 13.8. The molecule has 0 unspecified atom stereocenters. The molecule has 0 saturated heterocycles. The van der Waals surface area contributed by atoms with Gasteiger partial charge in [0.2, 0.25) is 0 Å². The summed E-state index contributed by atoms with van der Waals surface area (Å²) in [5.74, 6) is -0.104. The molecule has 0 saturated carbocycles. The number of aromatic nitrogens is 3. The number of nitrogens with zero attached hydrogens (tertiary/aromatic N) is 3. The van der Waals surface area contributed by atoms with E-state index in [2.05, 4.69) is 9.55 Å². The second kappa shape index (κ2) is 10.7. The van der Waals surface area contributed by atoms with Crippen LogP contribution in [0.2, 0.25) is 0 Å². The van der Waals surface area contributed by atoms with Crippen LogP contribution >= 0.6 is 0 Å². The Balaban J connectivity index is 1.75. The van der Waals surface area contributed by atoms with Crippen molar-refractivity contribution in [3.8, 4) is 5.69 Å². The molecule has 0 aliphatic rings. The zero-order valence-corrected chi connectivity index (χ0v) is 21.7. The van der Waals surface area contributed by atoms with E-state index in [1.807, 2.05) is 82.3 Å². The van der Waals surface area contributed by atoms with Crippen molar-refractivity contribution in [2.24, 2.45) is 5.92 Å². The van der Waals surface area contributed by atoms with Crippen molar-refractivity contribution in [2.45, 2.75) is 40.7 Å². The number of nitrogen functional groups attached to an aromatic ring is 1. The molecule has 0 fully saturated rings. The molecule has 0 spiro atoms. The topological polar surface area (TPSA) is 106 Å². The maximum Gasteiger partial charge on any atom is 0.330 e. The molecule has 4 rings (SSSR count). The van der Waals surface area contributed by atoms with E-state index >= 15 is 0 Å². The van der Waals surface area contributed by atoms with Crippen molar-refractivity contribution in [1.82, 2.24) is 14.1 Å². The number of hydrogen-bond acceptors (Lipinski definition) is 4. The van der Waals surface area contributed by atoms with Crippen molar-refractivity contribution >= 4 is 17.4 Å². The zero-order chi connectivity index (χ0) is 26.7. The van der Waals surface area contributed by atoms with Gasteiger partial charge in [-0.25, -0.2) is 4.79 Å². The molecule has 8 nitrogen and oxygen atoms in total. The molecule has 4 aromatic rings. The van der Waals surface area contributed by atoms with Crippen molar-refractivity contribution in [1.29, 1.82) is 0 Å². The third-order valence-electron chi connectivity index (χ3n) is 6.49. The molecule has 2 heterocycles. The smallest absolute Gasteiger partial charge is 0.330 e. The summed E-state index contributed by atoms with van der Waals surface area (Å²) in [5, 5.41) is 0. The van der Waals surface area contributed by atoms with Gasteiger partial charge in [0.05, 0.1) is 6.54 Å². The quantitative estimate of drug-likeness (QED) is 0.378. The van der Waals surface area contributed by atoms with Crippen LogP contribution in [0.1, 0.15) is 47.6 Å². The first-order chi connectivity index (χ1) is 17.7. The summed E-state index contributed by atoms with van der Waals surface area (Å²) in [6.45, 7) is 8.60. The maximum atomic E-state index is 13.8. The lowest BCUT2D eigenvalue weighted by atomic mass is 10.1. The minimum Gasteiger partial charge on any atom is -0.383 e. The fourth-order valence-corrected chi connectivity index (χ4v) is 4.45. The van der Waals surface area contributed by atoms with E-state index in [-0.39, 0.29) is 36.4 Å². The van der Waals surface area contributed by atoms with Gasteiger partial charge in [-0.15, -0.1) is 0 Å². The average molecular weight is 500 g/mol. The minimum absolute atomic E-state index is 0.0117. The number of amides is 1. The Bertz CT molecular complexity index is 1490. The Hall–Kier alpha value is -4.33. The van der Waals surface area contributed by atoms with Gasteiger partial charge in [-0.3, -0.25) is 19.1 Å². The highest BCUT2D eigenvalue weighted by Crippen LogP contribution is 2.23. The first-order valence-corrected chi connectivity index (χ1v) is 12.4. The van der Waals surface area contributed by atoms with Gasteiger partial charge in [0.1, 0.15) is 5.82 Å². The van der Waals surface area contributed by atoms with Gasteiger partial charge >= 0.3 is 5.69 Å². The van der Waals surface area contributed by atoms with Crippen molar-refractivity contribution in [2.75, 3.05) is 17.2 Å². The average Bonchev–Trinajstić information content (AvgIpc) is 3.21. The number of aryl methyl sites for hydroxylation is 2. The van der Waals surface area contributed by atoms with Crippen molar-refractivity contribution in [3.63, 3.8) is 0 Å². The van der Waals surface area contributed by atoms with Crippen molar-refractivity contribution in [3.05, 3.63) is 110 Å². The first-order valence-electron chi connectivity index (χ1n) is 12.4. The predicted octanol–water partition coefficient (Wildman–Crippen LogP) is 4.27. The van der Waals surface area contributed by atoms with Gasteiger partial charge in [0, 0.05) is 29.2 Å². The number of nitrogens with two attached hydrogens (primary N) is 1. The molecule has 37 heavy (non-hydrogen) atoms. The number of carbonyl (C=O) groups excluding carboxylic acids is 1. The molecule has 0 radical (unpaired) electrons. The van der Waals surface area contributed by atoms with Crippen LogP contribution in [0.25, 0.3) is 5.69 Å². The third-order valence-corrected chi connectivity index (χ3v) is 6.49. The first kappa shape index (κ1) is 25.8. The summed E-state index contributed by atoms with van der Waals surface area (Å²) < 4.78 is 3.40. The number of nitrogens with one attached hydrogen (secondary N) is 1. The molecule has 1 amide bonds. The van der Waals surface area contributed by atoms with E-state index in [0.29, 0.717) is 12.0 Å². The van der Waals surface area contributed by atoms with Crippen LogP contribution in [0.4, 0.5) is 11.5 Å². The highest BCUT2D eigenvalue weighted by atomic mass is 16.2. The summed E-state index contributed by atoms with van der Waals surface area (Å²) in [7, 11) is 0. The summed E-state index contributed by atoms with van der Waals surface area (Å²) in [5.41, 5.74) is 9.52. The van der Waals surface area contributed by atoms with Crippen LogP contribution in [0.5, 0.6) is 0 Å². The minimum atomic E-state index is -0.681. The lowest BCUT2D eigenvalue weighted by Crippen LogP contribution is -2.42. The summed E-state index contributed by atoms with van der Waals surface area (Å²) >= 11 is 0. The molecule has 0 bridgehead atoms. The van der Waals surface area contributed by atoms with E-state index in [4.69, 9.17) is 5.73 Å². The molecule has 192 valence electrons. The molecule has 8 heteroatoms. The Morgan fingerprint density at radius 2 is 1.57 bits per heavy atom. The number of carbonyl (C=O) groups is 1. The van der Waals surface area contributed by atoms with Crippen molar-refractivity contribution < 1.29 is 4.79 Å². The Morgan fingerprint density at radius 1 is 0.946 bits per heavy atom. The van der Waals surface area contributed by atoms with Crippen LogP contribution in [0.3, 0.4) is 0 Å². The number of hydrogen-bond donors (Lipinski definition) is 2. The molecule has 2 aromatic carbocycles. The fraction of sp³-hybridized carbons (Fsp3) is 0.276. The molecule has 0 aliphatic heterocycles. The van der Waals surface area contributed by atoms with Gasteiger partial charge < -0.3 is 15.2 Å². The SMILES string of the molecule is Cc1ccc(C)n1-c1ccc(C(=O)N(CCC(C)C)c2c(N)n(Cc3ccccc3)c(=O)[nH]c2=O)cc1. The monoisotopic (exact) mass is 499 g/mol. The molecule has 2 aromatic heterocycles. The number of anilines is 2. The van der Waals surface area contributed by atoms with Gasteiger partial charge in [-0.05, 0) is 68.1 Å². The number of aromatic amines is 1. The molecule has 3 N–H and O–H groups in total. The van der Waals surface area contributed by atoms with E-state index < -0.39 is 11.2 Å². The highest BCUT2D eigenvalue weighted by molar-refractivity contribution is 6.07. The van der Waals surface area contributed by atoms with Gasteiger partial charge in [-0.1, -0.05) is 44.2 Å². The second-order valence-electron chi connectivity index (χ2n) is 9.70. The van der Waals surface area contributed by atoms with E-state index in [1.54, 1.807) is 12.1 Å².